The Labute approximate surface area is 248 Å². The van der Waals surface area contributed by atoms with Crippen LogP contribution in [-0.4, -0.2) is 50.3 Å². The quantitative estimate of drug-likeness (QED) is 0.285. The van der Waals surface area contributed by atoms with Crippen LogP contribution in [0, 0.1) is 0 Å². The van der Waals surface area contributed by atoms with Crippen molar-refractivity contribution >= 4 is 39.1 Å². The van der Waals surface area contributed by atoms with Gasteiger partial charge < -0.3 is 10.2 Å². The van der Waals surface area contributed by atoms with Crippen LogP contribution in [0.3, 0.4) is 0 Å². The predicted octanol–water partition coefficient (Wildman–Crippen LogP) is 5.83. The molecule has 0 bridgehead atoms. The number of sulfonamides is 1. The number of nitrogens with one attached hydrogen (secondary N) is 1. The van der Waals surface area contributed by atoms with Gasteiger partial charge in [-0.2, -0.15) is 0 Å². The third-order valence-electron chi connectivity index (χ3n) is 7.55. The van der Waals surface area contributed by atoms with Crippen molar-refractivity contribution in [3.8, 4) is 0 Å². The highest BCUT2D eigenvalue weighted by Gasteiger charge is 2.34. The number of hydrogen-bond acceptors (Lipinski definition) is 4. The molecule has 0 spiro atoms. The zero-order valence-electron chi connectivity index (χ0n) is 23.4. The molecule has 1 aliphatic carbocycles. The number of rotatable bonds is 12. The number of para-hydroxylation sites is 1. The molecule has 0 saturated heterocycles. The van der Waals surface area contributed by atoms with E-state index >= 15 is 0 Å². The molecule has 0 heterocycles. The Morgan fingerprint density at radius 3 is 2.12 bits per heavy atom. The molecular formula is C32H38ClN3O4S. The Bertz CT molecular complexity index is 1380. The fraction of sp³-hybridized carbons (Fsp3) is 0.375. The van der Waals surface area contributed by atoms with Crippen LogP contribution in [0.4, 0.5) is 5.69 Å². The molecular weight excluding hydrogens is 558 g/mol. The van der Waals surface area contributed by atoms with Crippen molar-refractivity contribution in [2.45, 2.75) is 68.8 Å². The number of benzene rings is 3. The van der Waals surface area contributed by atoms with E-state index in [1.807, 2.05) is 37.3 Å². The van der Waals surface area contributed by atoms with Gasteiger partial charge in [-0.3, -0.25) is 13.9 Å². The molecule has 1 N–H and O–H groups in total. The van der Waals surface area contributed by atoms with Crippen LogP contribution in [0.2, 0.25) is 5.02 Å². The van der Waals surface area contributed by atoms with Gasteiger partial charge in [-0.05, 0) is 67.6 Å². The summed E-state index contributed by atoms with van der Waals surface area (Å²) in [5.41, 5.74) is 1.39. The lowest BCUT2D eigenvalue weighted by Crippen LogP contribution is -2.54. The lowest BCUT2D eigenvalue weighted by Gasteiger charge is -2.34. The molecule has 1 fully saturated rings. The van der Waals surface area contributed by atoms with Crippen molar-refractivity contribution in [2.75, 3.05) is 17.4 Å². The van der Waals surface area contributed by atoms with Crippen LogP contribution >= 0.6 is 11.6 Å². The third kappa shape index (κ3) is 8.11. The van der Waals surface area contributed by atoms with Gasteiger partial charge in [-0.15, -0.1) is 0 Å². The van der Waals surface area contributed by atoms with Gasteiger partial charge in [0, 0.05) is 17.6 Å². The second-order valence-electron chi connectivity index (χ2n) is 10.4. The van der Waals surface area contributed by atoms with Crippen molar-refractivity contribution < 1.29 is 18.0 Å². The first-order valence-electron chi connectivity index (χ1n) is 14.3. The molecule has 1 unspecified atom stereocenters. The second kappa shape index (κ2) is 14.5. The highest BCUT2D eigenvalue weighted by Crippen LogP contribution is 2.25. The highest BCUT2D eigenvalue weighted by molar-refractivity contribution is 7.92. The van der Waals surface area contributed by atoms with Crippen LogP contribution in [-0.2, 0) is 26.0 Å². The molecule has 218 valence electrons. The molecule has 0 aliphatic heterocycles. The molecule has 41 heavy (non-hydrogen) atoms. The van der Waals surface area contributed by atoms with Crippen molar-refractivity contribution in [1.82, 2.24) is 10.2 Å². The summed E-state index contributed by atoms with van der Waals surface area (Å²) >= 11 is 6.01. The van der Waals surface area contributed by atoms with E-state index in [9.17, 15) is 18.0 Å². The zero-order valence-corrected chi connectivity index (χ0v) is 25.0. The minimum atomic E-state index is -4.12. The van der Waals surface area contributed by atoms with Gasteiger partial charge in [0.2, 0.25) is 11.8 Å². The number of halogens is 1. The van der Waals surface area contributed by atoms with E-state index in [-0.39, 0.29) is 23.4 Å². The van der Waals surface area contributed by atoms with Gasteiger partial charge in [-0.1, -0.05) is 86.3 Å². The summed E-state index contributed by atoms with van der Waals surface area (Å²) in [7, 11) is -4.12. The standard InChI is InChI=1S/C32H38ClN3O4S/c1-2-30(32(38)34-27-14-8-4-9-15-27)35(23-22-25-12-6-3-7-13-25)31(37)24-36(28-16-10-5-11-17-28)41(39,40)29-20-18-26(33)19-21-29/h3,5-7,10-13,16-21,27,30H,2,4,8-9,14-15,22-24H2,1H3,(H,34,38). The topological polar surface area (TPSA) is 86.8 Å². The molecule has 9 heteroatoms. The second-order valence-corrected chi connectivity index (χ2v) is 12.7. The molecule has 7 nitrogen and oxygen atoms in total. The smallest absolute Gasteiger partial charge is 0.264 e. The monoisotopic (exact) mass is 595 g/mol. The molecule has 4 rings (SSSR count). The Hall–Kier alpha value is -3.36. The summed E-state index contributed by atoms with van der Waals surface area (Å²) < 4.78 is 28.8. The molecule has 0 radical (unpaired) electrons. The van der Waals surface area contributed by atoms with Crippen LogP contribution in [0.1, 0.15) is 51.0 Å². The van der Waals surface area contributed by atoms with E-state index in [0.29, 0.717) is 23.6 Å². The lowest BCUT2D eigenvalue weighted by molar-refractivity contribution is -0.140. The number of carbonyl (C=O) groups excluding carboxylic acids is 2. The van der Waals surface area contributed by atoms with Crippen molar-refractivity contribution in [1.29, 1.82) is 0 Å². The number of anilines is 1. The highest BCUT2D eigenvalue weighted by atomic mass is 35.5. The predicted molar refractivity (Wildman–Crippen MR) is 163 cm³/mol. The summed E-state index contributed by atoms with van der Waals surface area (Å²) in [6, 6.07) is 23.6. The van der Waals surface area contributed by atoms with Crippen LogP contribution < -0.4 is 9.62 Å². The summed E-state index contributed by atoms with van der Waals surface area (Å²) in [6.07, 6.45) is 6.13. The number of nitrogens with zero attached hydrogens (tertiary/aromatic N) is 2. The van der Waals surface area contributed by atoms with Crippen LogP contribution in [0.5, 0.6) is 0 Å². The molecule has 3 aromatic rings. The van der Waals surface area contributed by atoms with E-state index in [0.717, 1.165) is 35.6 Å². The first-order chi connectivity index (χ1) is 19.8. The fourth-order valence-corrected chi connectivity index (χ4v) is 6.84. The van der Waals surface area contributed by atoms with Crippen LogP contribution in [0.15, 0.2) is 89.8 Å². The normalized spacial score (nSPS) is 14.7. The first-order valence-corrected chi connectivity index (χ1v) is 16.1. The van der Waals surface area contributed by atoms with Gasteiger partial charge >= 0.3 is 0 Å². The van der Waals surface area contributed by atoms with Gasteiger partial charge in [-0.25, -0.2) is 8.42 Å². The molecule has 1 atom stereocenters. The Balaban J connectivity index is 1.64. The van der Waals surface area contributed by atoms with Crippen molar-refractivity contribution in [2.24, 2.45) is 0 Å². The molecule has 3 aromatic carbocycles. The van der Waals surface area contributed by atoms with Crippen molar-refractivity contribution in [3.05, 3.63) is 95.5 Å². The average Bonchev–Trinajstić information content (AvgIpc) is 2.99. The molecule has 2 amide bonds. The van der Waals surface area contributed by atoms with Gasteiger partial charge in [0.05, 0.1) is 10.6 Å². The average molecular weight is 596 g/mol. The first kappa shape index (κ1) is 30.6. The largest absolute Gasteiger partial charge is 0.352 e. The summed E-state index contributed by atoms with van der Waals surface area (Å²) in [6.45, 7) is 1.72. The molecule has 1 aliphatic rings. The Morgan fingerprint density at radius 2 is 1.51 bits per heavy atom. The zero-order chi connectivity index (χ0) is 29.2. The Morgan fingerprint density at radius 1 is 0.902 bits per heavy atom. The third-order valence-corrected chi connectivity index (χ3v) is 9.59. The minimum absolute atomic E-state index is 0.0245. The van der Waals surface area contributed by atoms with Gasteiger partial charge in [0.15, 0.2) is 0 Å². The minimum Gasteiger partial charge on any atom is -0.352 e. The van der Waals surface area contributed by atoms with Gasteiger partial charge in [0.1, 0.15) is 12.6 Å². The lowest BCUT2D eigenvalue weighted by atomic mass is 9.95. The van der Waals surface area contributed by atoms with E-state index in [4.69, 9.17) is 11.6 Å². The maximum atomic E-state index is 14.1. The maximum absolute atomic E-state index is 14.1. The maximum Gasteiger partial charge on any atom is 0.264 e. The number of hydrogen-bond donors (Lipinski definition) is 1. The van der Waals surface area contributed by atoms with E-state index in [1.54, 1.807) is 35.2 Å². The van der Waals surface area contributed by atoms with E-state index < -0.39 is 28.5 Å². The summed E-state index contributed by atoms with van der Waals surface area (Å²) in [5.74, 6) is -0.624. The SMILES string of the molecule is CCC(C(=O)NC1CCCCC1)N(CCc1ccccc1)C(=O)CN(c1ccccc1)S(=O)(=O)c1ccc(Cl)cc1. The van der Waals surface area contributed by atoms with Crippen molar-refractivity contribution in [3.63, 3.8) is 0 Å². The summed E-state index contributed by atoms with van der Waals surface area (Å²) in [5, 5.41) is 3.58. The molecule has 0 aromatic heterocycles. The van der Waals surface area contributed by atoms with E-state index in [2.05, 4.69) is 5.32 Å². The Kier molecular flexibility index (Phi) is 10.8. The number of carbonyl (C=O) groups is 2. The fourth-order valence-electron chi connectivity index (χ4n) is 5.30. The van der Waals surface area contributed by atoms with E-state index in [1.165, 1.54) is 30.7 Å². The van der Waals surface area contributed by atoms with Crippen LogP contribution in [0.25, 0.3) is 0 Å². The van der Waals surface area contributed by atoms with Gasteiger partial charge in [0.25, 0.3) is 10.0 Å². The number of amides is 2. The molecule has 1 saturated carbocycles. The summed E-state index contributed by atoms with van der Waals surface area (Å²) in [4.78, 5) is 29.2.